The molecule has 1 rings (SSSR count). The van der Waals surface area contributed by atoms with Crippen molar-refractivity contribution in [3.63, 3.8) is 0 Å². The molecule has 0 atom stereocenters. The fraction of sp³-hybridized carbons (Fsp3) is 0.143. The minimum atomic E-state index is -1.76. The highest BCUT2D eigenvalue weighted by Crippen LogP contribution is 2.08. The molecule has 2 nitrogen and oxygen atoms in total. The molecule has 0 radical (unpaired) electrons. The molecule has 0 bridgehead atoms. The number of benzene rings is 1. The van der Waals surface area contributed by atoms with Crippen LogP contribution in [0.25, 0.3) is 0 Å². The van der Waals surface area contributed by atoms with E-state index in [1.807, 2.05) is 0 Å². The minimum absolute atomic E-state index is 0.0195. The standard InChI is InChI=1S/C7H7BF2O2/c1-4-5(8(11)12)2-3-6(9)7(4)10/h2-3,11-12H,1H3. The van der Waals surface area contributed by atoms with Crippen LogP contribution in [0, 0.1) is 18.6 Å². The lowest BCUT2D eigenvalue weighted by atomic mass is 9.77. The molecule has 5 heteroatoms. The SMILES string of the molecule is Cc1c(B(O)O)ccc(F)c1F. The Morgan fingerprint density at radius 3 is 2.33 bits per heavy atom. The van der Waals surface area contributed by atoms with Crippen LogP contribution in [-0.2, 0) is 0 Å². The molecule has 0 fully saturated rings. The maximum absolute atomic E-state index is 12.8. The third-order valence-electron chi connectivity index (χ3n) is 1.66. The normalized spacial score (nSPS) is 10.1. The van der Waals surface area contributed by atoms with Gasteiger partial charge in [-0.3, -0.25) is 0 Å². The summed E-state index contributed by atoms with van der Waals surface area (Å²) in [4.78, 5) is 0. The smallest absolute Gasteiger partial charge is 0.423 e. The average Bonchev–Trinajstić information content (AvgIpc) is 2.00. The summed E-state index contributed by atoms with van der Waals surface area (Å²) >= 11 is 0. The van der Waals surface area contributed by atoms with Crippen molar-refractivity contribution in [2.45, 2.75) is 6.92 Å². The summed E-state index contributed by atoms with van der Waals surface area (Å²) in [5.74, 6) is -2.03. The lowest BCUT2D eigenvalue weighted by Crippen LogP contribution is -2.33. The van der Waals surface area contributed by atoms with Gasteiger partial charge in [-0.15, -0.1) is 0 Å². The average molecular weight is 172 g/mol. The van der Waals surface area contributed by atoms with Gasteiger partial charge in [0.05, 0.1) is 0 Å². The second-order valence-corrected chi connectivity index (χ2v) is 2.45. The maximum Gasteiger partial charge on any atom is 0.488 e. The summed E-state index contributed by atoms with van der Waals surface area (Å²) in [6.07, 6.45) is 0. The Morgan fingerprint density at radius 1 is 1.25 bits per heavy atom. The van der Waals surface area contributed by atoms with Crippen molar-refractivity contribution in [1.29, 1.82) is 0 Å². The van der Waals surface area contributed by atoms with Crippen molar-refractivity contribution in [3.05, 3.63) is 29.3 Å². The van der Waals surface area contributed by atoms with Crippen LogP contribution in [0.5, 0.6) is 0 Å². The molecule has 0 spiro atoms. The van der Waals surface area contributed by atoms with Crippen molar-refractivity contribution in [2.75, 3.05) is 0 Å². The molecular weight excluding hydrogens is 165 g/mol. The van der Waals surface area contributed by atoms with E-state index in [9.17, 15) is 8.78 Å². The highest BCUT2D eigenvalue weighted by molar-refractivity contribution is 6.59. The first-order valence-electron chi connectivity index (χ1n) is 3.34. The summed E-state index contributed by atoms with van der Waals surface area (Å²) in [5, 5.41) is 17.4. The Kier molecular flexibility index (Phi) is 2.44. The van der Waals surface area contributed by atoms with Gasteiger partial charge in [-0.2, -0.15) is 0 Å². The quantitative estimate of drug-likeness (QED) is 0.583. The van der Waals surface area contributed by atoms with E-state index >= 15 is 0 Å². The second-order valence-electron chi connectivity index (χ2n) is 2.45. The molecule has 0 saturated carbocycles. The summed E-state index contributed by atoms with van der Waals surface area (Å²) in [6.45, 7) is 1.28. The molecule has 0 aliphatic carbocycles. The third kappa shape index (κ3) is 1.46. The van der Waals surface area contributed by atoms with Crippen LogP contribution < -0.4 is 5.46 Å². The van der Waals surface area contributed by atoms with Gasteiger partial charge >= 0.3 is 7.12 Å². The number of hydrogen-bond acceptors (Lipinski definition) is 2. The van der Waals surface area contributed by atoms with E-state index in [4.69, 9.17) is 10.0 Å². The van der Waals surface area contributed by atoms with E-state index in [2.05, 4.69) is 0 Å². The Bertz CT molecular complexity index is 302. The first-order valence-corrected chi connectivity index (χ1v) is 3.34. The molecule has 0 unspecified atom stereocenters. The Balaban J connectivity index is 3.27. The minimum Gasteiger partial charge on any atom is -0.423 e. The number of halogens is 2. The largest absolute Gasteiger partial charge is 0.488 e. The van der Waals surface area contributed by atoms with Crippen molar-refractivity contribution < 1.29 is 18.8 Å². The van der Waals surface area contributed by atoms with E-state index in [0.29, 0.717) is 0 Å². The van der Waals surface area contributed by atoms with E-state index in [0.717, 1.165) is 12.1 Å². The Morgan fingerprint density at radius 2 is 1.83 bits per heavy atom. The van der Waals surface area contributed by atoms with E-state index in [1.165, 1.54) is 6.92 Å². The van der Waals surface area contributed by atoms with E-state index in [-0.39, 0.29) is 11.0 Å². The molecule has 2 N–H and O–H groups in total. The molecule has 0 aliphatic heterocycles. The lowest BCUT2D eigenvalue weighted by Gasteiger charge is -2.05. The van der Waals surface area contributed by atoms with Crippen LogP contribution in [-0.4, -0.2) is 17.2 Å². The maximum atomic E-state index is 12.8. The summed E-state index contributed by atoms with van der Waals surface area (Å²) < 4.78 is 25.2. The molecule has 64 valence electrons. The summed E-state index contributed by atoms with van der Waals surface area (Å²) in [5.41, 5.74) is -0.0982. The van der Waals surface area contributed by atoms with Crippen molar-refractivity contribution in [2.24, 2.45) is 0 Å². The fourth-order valence-corrected chi connectivity index (χ4v) is 0.947. The second kappa shape index (κ2) is 3.20. The molecule has 0 saturated heterocycles. The predicted molar refractivity (Wildman–Crippen MR) is 40.9 cm³/mol. The summed E-state index contributed by atoms with van der Waals surface area (Å²) in [6, 6.07) is 2.00. The van der Waals surface area contributed by atoms with E-state index in [1.54, 1.807) is 0 Å². The highest BCUT2D eigenvalue weighted by Gasteiger charge is 2.18. The molecule has 1 aromatic carbocycles. The van der Waals surface area contributed by atoms with Crippen LogP contribution in [0.1, 0.15) is 5.56 Å². The van der Waals surface area contributed by atoms with Gasteiger partial charge in [0.25, 0.3) is 0 Å². The van der Waals surface area contributed by atoms with Crippen LogP contribution in [0.4, 0.5) is 8.78 Å². The molecule has 0 aromatic heterocycles. The van der Waals surface area contributed by atoms with Crippen LogP contribution >= 0.6 is 0 Å². The molecule has 0 amide bonds. The first-order chi connectivity index (χ1) is 5.54. The Labute approximate surface area is 68.6 Å². The van der Waals surface area contributed by atoms with Crippen molar-refractivity contribution in [1.82, 2.24) is 0 Å². The molecule has 0 heterocycles. The van der Waals surface area contributed by atoms with Crippen molar-refractivity contribution in [3.8, 4) is 0 Å². The monoisotopic (exact) mass is 172 g/mol. The highest BCUT2D eigenvalue weighted by atomic mass is 19.2. The number of hydrogen-bond donors (Lipinski definition) is 2. The van der Waals surface area contributed by atoms with Gasteiger partial charge in [0.2, 0.25) is 0 Å². The molecule has 1 aromatic rings. The van der Waals surface area contributed by atoms with Gasteiger partial charge in [0.15, 0.2) is 11.6 Å². The van der Waals surface area contributed by atoms with Gasteiger partial charge in [-0.1, -0.05) is 6.07 Å². The van der Waals surface area contributed by atoms with Gasteiger partial charge in [-0.25, -0.2) is 8.78 Å². The Hall–Kier alpha value is -0.935. The van der Waals surface area contributed by atoms with Crippen LogP contribution in [0.15, 0.2) is 12.1 Å². The zero-order chi connectivity index (χ0) is 9.30. The summed E-state index contributed by atoms with van der Waals surface area (Å²) in [7, 11) is -1.76. The first kappa shape index (κ1) is 9.16. The third-order valence-corrected chi connectivity index (χ3v) is 1.66. The number of rotatable bonds is 1. The topological polar surface area (TPSA) is 40.5 Å². The van der Waals surface area contributed by atoms with Crippen LogP contribution in [0.3, 0.4) is 0 Å². The van der Waals surface area contributed by atoms with Crippen LogP contribution in [0.2, 0.25) is 0 Å². The molecule has 0 aliphatic rings. The lowest BCUT2D eigenvalue weighted by molar-refractivity contribution is 0.424. The van der Waals surface area contributed by atoms with Gasteiger partial charge in [-0.05, 0) is 24.0 Å². The van der Waals surface area contributed by atoms with Crippen molar-refractivity contribution >= 4 is 12.6 Å². The zero-order valence-corrected chi connectivity index (χ0v) is 6.38. The zero-order valence-electron chi connectivity index (χ0n) is 6.38. The molecule has 12 heavy (non-hydrogen) atoms. The predicted octanol–water partition coefficient (Wildman–Crippen LogP) is -0.0470. The van der Waals surface area contributed by atoms with Gasteiger partial charge in [0.1, 0.15) is 0 Å². The molecular formula is C7H7BF2O2. The van der Waals surface area contributed by atoms with Gasteiger partial charge in [0, 0.05) is 0 Å². The fourth-order valence-electron chi connectivity index (χ4n) is 0.947. The van der Waals surface area contributed by atoms with Gasteiger partial charge < -0.3 is 10.0 Å². The van der Waals surface area contributed by atoms with E-state index < -0.39 is 18.8 Å².